The van der Waals surface area contributed by atoms with Crippen LogP contribution in [0.3, 0.4) is 0 Å². The van der Waals surface area contributed by atoms with Crippen molar-refractivity contribution in [3.8, 4) is 22.6 Å². The van der Waals surface area contributed by atoms with Gasteiger partial charge in [-0.25, -0.2) is 4.79 Å². The van der Waals surface area contributed by atoms with Crippen molar-refractivity contribution in [3.63, 3.8) is 0 Å². The SMILES string of the molecule is CCNCC.CN(C)S(=O)(=O)N1CCN(c2ccc(OCc3nn(C)c4c3-c3cccc5c(CCCOc6cccc7ccccc67)c(C(=O)O)n(c35)CCCCCC4)cc2)CC1. The Bertz CT molecular complexity index is 2590. The molecule has 63 heavy (non-hydrogen) atoms. The van der Waals surface area contributed by atoms with E-state index in [0.29, 0.717) is 63.6 Å². The topological polar surface area (TPSA) is 134 Å². The number of benzene rings is 4. The lowest BCUT2D eigenvalue weighted by Gasteiger charge is -2.36. The minimum atomic E-state index is -3.43. The molecule has 2 aliphatic heterocycles. The zero-order valence-corrected chi connectivity index (χ0v) is 38.3. The number of para-hydroxylation sites is 1. The number of hydrogen-bond acceptors (Lipinski definition) is 8. The van der Waals surface area contributed by atoms with E-state index < -0.39 is 16.2 Å². The highest BCUT2D eigenvalue weighted by Crippen LogP contribution is 2.40. The van der Waals surface area contributed by atoms with E-state index in [4.69, 9.17) is 14.6 Å². The van der Waals surface area contributed by atoms with Crippen LogP contribution in [0.2, 0.25) is 0 Å². The van der Waals surface area contributed by atoms with Gasteiger partial charge in [-0.2, -0.15) is 22.1 Å². The number of anilines is 1. The van der Waals surface area contributed by atoms with Gasteiger partial charge in [0.15, 0.2) is 0 Å². The van der Waals surface area contributed by atoms with E-state index in [9.17, 15) is 18.3 Å². The van der Waals surface area contributed by atoms with Crippen LogP contribution in [-0.4, -0.2) is 102 Å². The monoisotopic (exact) mass is 877 g/mol. The summed E-state index contributed by atoms with van der Waals surface area (Å²) < 4.78 is 44.7. The number of carboxylic acid groups (broad SMARTS) is 1. The molecule has 1 fully saturated rings. The largest absolute Gasteiger partial charge is 0.493 e. The highest BCUT2D eigenvalue weighted by atomic mass is 32.2. The van der Waals surface area contributed by atoms with Crippen molar-refractivity contribution < 1.29 is 27.8 Å². The van der Waals surface area contributed by atoms with Crippen LogP contribution in [-0.2, 0) is 43.3 Å². The molecule has 0 amide bonds. The van der Waals surface area contributed by atoms with Crippen LogP contribution in [0.4, 0.5) is 5.69 Å². The number of nitrogens with one attached hydrogen (secondary N) is 1. The molecule has 0 saturated carbocycles. The van der Waals surface area contributed by atoms with Crippen molar-refractivity contribution >= 4 is 43.5 Å². The summed E-state index contributed by atoms with van der Waals surface area (Å²) in [6, 6.07) is 28.4. The van der Waals surface area contributed by atoms with Gasteiger partial charge in [-0.3, -0.25) is 4.68 Å². The van der Waals surface area contributed by atoms with Crippen molar-refractivity contribution in [1.82, 2.24) is 28.3 Å². The Kier molecular flexibility index (Phi) is 15.1. The zero-order chi connectivity index (χ0) is 44.5. The maximum Gasteiger partial charge on any atom is 0.352 e. The fourth-order valence-electron chi connectivity index (χ4n) is 8.95. The fraction of sp³-hybridized carbons (Fsp3) is 0.429. The van der Waals surface area contributed by atoms with Crippen molar-refractivity contribution in [2.45, 2.75) is 71.9 Å². The molecule has 0 bridgehead atoms. The van der Waals surface area contributed by atoms with Gasteiger partial charge in [-0.15, -0.1) is 0 Å². The second kappa shape index (κ2) is 20.8. The van der Waals surface area contributed by atoms with Gasteiger partial charge < -0.3 is 29.4 Å². The Hall–Kier alpha value is -5.41. The molecule has 0 spiro atoms. The molecule has 6 aromatic rings. The normalized spacial score (nSPS) is 14.9. The molecule has 4 heterocycles. The van der Waals surface area contributed by atoms with Gasteiger partial charge in [-0.1, -0.05) is 81.3 Å². The molecule has 13 nitrogen and oxygen atoms in total. The third-order valence-electron chi connectivity index (χ3n) is 12.1. The van der Waals surface area contributed by atoms with Gasteiger partial charge in [0.05, 0.1) is 12.1 Å². The van der Waals surface area contributed by atoms with Crippen LogP contribution in [0.5, 0.6) is 11.5 Å². The first kappa shape index (κ1) is 45.6. The van der Waals surface area contributed by atoms with E-state index in [1.54, 1.807) is 14.1 Å². The average Bonchev–Trinajstić information content (AvgIpc) is 3.77. The molecular formula is C49H63N7O6S. The number of carbonyl (C=O) groups is 1. The summed E-state index contributed by atoms with van der Waals surface area (Å²) in [5.74, 6) is 0.622. The summed E-state index contributed by atoms with van der Waals surface area (Å²) in [6.45, 7) is 9.77. The van der Waals surface area contributed by atoms with Gasteiger partial charge in [0.2, 0.25) is 0 Å². The van der Waals surface area contributed by atoms with E-state index >= 15 is 0 Å². The summed E-state index contributed by atoms with van der Waals surface area (Å²) in [5.41, 5.74) is 7.06. The number of nitrogens with zero attached hydrogens (tertiary/aromatic N) is 6. The number of carboxylic acids is 1. The van der Waals surface area contributed by atoms with Crippen molar-refractivity contribution in [2.24, 2.45) is 7.05 Å². The number of ether oxygens (including phenoxy) is 2. The third kappa shape index (κ3) is 10.2. The van der Waals surface area contributed by atoms with E-state index in [1.807, 2.05) is 66.3 Å². The number of aromatic nitrogens is 3. The first-order valence-electron chi connectivity index (χ1n) is 22.4. The molecule has 1 saturated heterocycles. The smallest absolute Gasteiger partial charge is 0.352 e. The summed E-state index contributed by atoms with van der Waals surface area (Å²) in [5, 5.41) is 22.1. The average molecular weight is 878 g/mol. The van der Waals surface area contributed by atoms with Crippen LogP contribution in [0, 0.1) is 0 Å². The first-order valence-corrected chi connectivity index (χ1v) is 23.8. The van der Waals surface area contributed by atoms with E-state index in [2.05, 4.69) is 59.0 Å². The Morgan fingerprint density at radius 2 is 1.52 bits per heavy atom. The zero-order valence-electron chi connectivity index (χ0n) is 37.5. The highest BCUT2D eigenvalue weighted by molar-refractivity contribution is 7.86. The summed E-state index contributed by atoms with van der Waals surface area (Å²) in [7, 11) is 1.68. The Morgan fingerprint density at radius 3 is 2.24 bits per heavy atom. The molecule has 336 valence electrons. The molecule has 4 aromatic carbocycles. The Morgan fingerprint density at radius 1 is 0.825 bits per heavy atom. The molecule has 0 aliphatic carbocycles. The maximum absolute atomic E-state index is 13.2. The lowest BCUT2D eigenvalue weighted by Crippen LogP contribution is -2.51. The summed E-state index contributed by atoms with van der Waals surface area (Å²) >= 11 is 0. The quantitative estimate of drug-likeness (QED) is 0.104. The molecule has 2 N–H and O–H groups in total. The van der Waals surface area contributed by atoms with Gasteiger partial charge in [0.1, 0.15) is 29.5 Å². The summed E-state index contributed by atoms with van der Waals surface area (Å²) in [4.78, 5) is 15.4. The molecule has 0 unspecified atom stereocenters. The van der Waals surface area contributed by atoms with E-state index in [1.165, 1.54) is 8.61 Å². The molecule has 2 aromatic heterocycles. The minimum absolute atomic E-state index is 0.241. The third-order valence-corrected chi connectivity index (χ3v) is 14.1. The Balaban J connectivity index is 0.00000113. The second-order valence-electron chi connectivity index (χ2n) is 16.4. The van der Waals surface area contributed by atoms with Crippen molar-refractivity contribution in [2.75, 3.05) is 64.9 Å². The number of aryl methyl sites for hydroxylation is 3. The van der Waals surface area contributed by atoms with Crippen LogP contribution < -0.4 is 19.7 Å². The van der Waals surface area contributed by atoms with Gasteiger partial charge in [0.25, 0.3) is 10.2 Å². The lowest BCUT2D eigenvalue weighted by atomic mass is 9.96. The van der Waals surface area contributed by atoms with Gasteiger partial charge in [-0.05, 0) is 86.5 Å². The Labute approximate surface area is 372 Å². The van der Waals surface area contributed by atoms with Crippen molar-refractivity contribution in [3.05, 3.63) is 108 Å². The minimum Gasteiger partial charge on any atom is -0.493 e. The van der Waals surface area contributed by atoms with Crippen LogP contribution in [0.1, 0.15) is 73.4 Å². The molecule has 2 aliphatic rings. The number of rotatable bonds is 14. The molecule has 14 heteroatoms. The molecular weight excluding hydrogens is 815 g/mol. The van der Waals surface area contributed by atoms with Crippen LogP contribution >= 0.6 is 0 Å². The number of fused-ring (bicyclic) bond motifs is 3. The number of piperazine rings is 1. The summed E-state index contributed by atoms with van der Waals surface area (Å²) in [6.07, 6.45) is 6.06. The number of aromatic carboxylic acids is 1. The molecule has 0 radical (unpaired) electrons. The predicted octanol–water partition coefficient (Wildman–Crippen LogP) is 8.14. The van der Waals surface area contributed by atoms with Crippen LogP contribution in [0.15, 0.2) is 84.9 Å². The van der Waals surface area contributed by atoms with Crippen molar-refractivity contribution in [1.29, 1.82) is 0 Å². The predicted molar refractivity (Wildman–Crippen MR) is 252 cm³/mol. The van der Waals surface area contributed by atoms with Gasteiger partial charge >= 0.3 is 5.97 Å². The number of hydrogen-bond donors (Lipinski definition) is 2. The van der Waals surface area contributed by atoms with Crippen LogP contribution in [0.25, 0.3) is 32.8 Å². The van der Waals surface area contributed by atoms with E-state index in [0.717, 1.165) is 106 Å². The standard InChI is InChI=1S/C45H52N6O6S.C4H11N/c1-47(2)58(54,55)50-28-26-49(27-29-50)33-21-23-34(24-22-33)57-31-39-42-38-17-11-16-36-37(18-12-30-56-41-20-10-14-32-13-7-8-15-35(32)41)44(45(52)53)51(43(36)38)25-9-5-4-6-19-40(42)48(3)46-39;1-3-5-4-2/h7-8,10-11,13-17,20-24H,4-6,9,12,18-19,25-31H2,1-3H3,(H,52,53);5H,3-4H2,1-2H3. The molecule has 0 atom stereocenters. The fourth-order valence-corrected chi connectivity index (χ4v) is 10.0. The van der Waals surface area contributed by atoms with E-state index in [-0.39, 0.29) is 6.61 Å². The maximum atomic E-state index is 13.2. The second-order valence-corrected chi connectivity index (χ2v) is 18.5. The first-order chi connectivity index (χ1) is 30.5. The lowest BCUT2D eigenvalue weighted by molar-refractivity contribution is 0.0684. The highest BCUT2D eigenvalue weighted by Gasteiger charge is 2.30. The molecule has 8 rings (SSSR count). The van der Waals surface area contributed by atoms with Gasteiger partial charge in [0, 0.05) is 87.1 Å².